The summed E-state index contributed by atoms with van der Waals surface area (Å²) in [7, 11) is 0. The number of hydrogen-bond acceptors (Lipinski definition) is 2. The zero-order valence-corrected chi connectivity index (χ0v) is 9.22. The minimum absolute atomic E-state index is 0.369. The van der Waals surface area contributed by atoms with E-state index in [1.165, 1.54) is 24.3 Å². The van der Waals surface area contributed by atoms with Gasteiger partial charge in [0.25, 0.3) is 0 Å². The number of aliphatic hydroxyl groups is 1. The third-order valence-corrected chi connectivity index (χ3v) is 3.86. The van der Waals surface area contributed by atoms with Gasteiger partial charge in [-0.2, -0.15) is 0 Å². The molecular weight excluding hydrogens is 194 g/mol. The summed E-state index contributed by atoms with van der Waals surface area (Å²) in [5.41, 5.74) is 0. The Morgan fingerprint density at radius 2 is 2.50 bits per heavy atom. The van der Waals surface area contributed by atoms with E-state index in [0.717, 1.165) is 13.1 Å². The van der Waals surface area contributed by atoms with Gasteiger partial charge in [-0.05, 0) is 24.3 Å². The number of rotatable bonds is 3. The van der Waals surface area contributed by atoms with Gasteiger partial charge in [-0.25, -0.2) is 0 Å². The Morgan fingerprint density at radius 3 is 3.21 bits per heavy atom. The van der Waals surface area contributed by atoms with Crippen LogP contribution >= 0.6 is 11.3 Å². The van der Waals surface area contributed by atoms with Crippen molar-refractivity contribution in [2.75, 3.05) is 19.7 Å². The minimum Gasteiger partial charge on any atom is -0.396 e. The highest BCUT2D eigenvalue weighted by molar-refractivity contribution is 7.09. The summed E-state index contributed by atoms with van der Waals surface area (Å²) >= 11 is 1.84. The zero-order valence-electron chi connectivity index (χ0n) is 8.41. The summed E-state index contributed by atoms with van der Waals surface area (Å²) in [5.74, 6) is 0.540. The average Bonchev–Trinajstić information content (AvgIpc) is 2.71. The summed E-state index contributed by atoms with van der Waals surface area (Å²) in [6, 6.07) is 4.33. The van der Waals surface area contributed by atoms with E-state index in [4.69, 9.17) is 5.11 Å². The number of hydrogen-bond donors (Lipinski definition) is 2. The lowest BCUT2D eigenvalue weighted by Crippen LogP contribution is -3.12. The Hall–Kier alpha value is -0.380. The van der Waals surface area contributed by atoms with Crippen LogP contribution in [0.3, 0.4) is 0 Å². The van der Waals surface area contributed by atoms with E-state index in [-0.39, 0.29) is 0 Å². The molecule has 1 aliphatic heterocycles. The average molecular weight is 212 g/mol. The fourth-order valence-electron chi connectivity index (χ4n) is 2.23. The lowest BCUT2D eigenvalue weighted by atomic mass is 9.99. The van der Waals surface area contributed by atoms with Crippen LogP contribution in [0.1, 0.15) is 17.7 Å². The lowest BCUT2D eigenvalue weighted by molar-refractivity contribution is -0.922. The maximum absolute atomic E-state index is 9.12. The highest BCUT2D eigenvalue weighted by Crippen LogP contribution is 2.09. The third-order valence-electron chi connectivity index (χ3n) is 2.98. The van der Waals surface area contributed by atoms with E-state index in [1.54, 1.807) is 4.90 Å². The van der Waals surface area contributed by atoms with Crippen molar-refractivity contribution in [1.29, 1.82) is 0 Å². The SMILES string of the molecule is OC[C@@H]1CCC[NH+](Cc2cccs2)C1. The monoisotopic (exact) mass is 212 g/mol. The van der Waals surface area contributed by atoms with Crippen molar-refractivity contribution in [1.82, 2.24) is 0 Å². The number of piperidine rings is 1. The predicted molar refractivity (Wildman–Crippen MR) is 58.5 cm³/mol. The first-order chi connectivity index (χ1) is 6.88. The van der Waals surface area contributed by atoms with Crippen LogP contribution in [-0.4, -0.2) is 24.8 Å². The first-order valence-corrected chi connectivity index (χ1v) is 6.23. The van der Waals surface area contributed by atoms with E-state index in [0.29, 0.717) is 12.5 Å². The molecule has 1 fully saturated rings. The minimum atomic E-state index is 0.369. The van der Waals surface area contributed by atoms with E-state index >= 15 is 0 Å². The van der Waals surface area contributed by atoms with Gasteiger partial charge in [0.15, 0.2) is 0 Å². The molecule has 1 aromatic heterocycles. The molecule has 0 radical (unpaired) electrons. The first kappa shape index (κ1) is 10.1. The first-order valence-electron chi connectivity index (χ1n) is 5.35. The van der Waals surface area contributed by atoms with Crippen LogP contribution in [0.15, 0.2) is 17.5 Å². The van der Waals surface area contributed by atoms with Crippen LogP contribution in [-0.2, 0) is 6.54 Å². The highest BCUT2D eigenvalue weighted by Gasteiger charge is 2.22. The Bertz CT molecular complexity index is 260. The van der Waals surface area contributed by atoms with E-state index < -0.39 is 0 Å². The van der Waals surface area contributed by atoms with Gasteiger partial charge in [-0.1, -0.05) is 6.07 Å². The predicted octanol–water partition coefficient (Wildman–Crippen LogP) is 0.535. The molecule has 2 nitrogen and oxygen atoms in total. The summed E-state index contributed by atoms with van der Waals surface area (Å²) in [6.07, 6.45) is 2.48. The molecular formula is C11H18NOS+. The van der Waals surface area contributed by atoms with Crippen molar-refractivity contribution >= 4 is 11.3 Å². The Morgan fingerprint density at radius 1 is 1.57 bits per heavy atom. The van der Waals surface area contributed by atoms with Crippen LogP contribution in [0.2, 0.25) is 0 Å². The Kier molecular flexibility index (Phi) is 3.56. The van der Waals surface area contributed by atoms with Gasteiger partial charge >= 0.3 is 0 Å². The maximum atomic E-state index is 9.12. The Balaban J connectivity index is 1.86. The fourth-order valence-corrected chi connectivity index (χ4v) is 3.01. The van der Waals surface area contributed by atoms with Crippen molar-refractivity contribution in [2.24, 2.45) is 5.92 Å². The van der Waals surface area contributed by atoms with Crippen LogP contribution in [0.4, 0.5) is 0 Å². The molecule has 1 saturated heterocycles. The van der Waals surface area contributed by atoms with E-state index in [2.05, 4.69) is 17.5 Å². The molecule has 1 aromatic rings. The second-order valence-corrected chi connectivity index (χ2v) is 5.18. The molecule has 0 aromatic carbocycles. The second kappa shape index (κ2) is 4.91. The molecule has 2 heterocycles. The molecule has 2 atom stereocenters. The molecule has 0 saturated carbocycles. The van der Waals surface area contributed by atoms with Crippen molar-refractivity contribution in [3.63, 3.8) is 0 Å². The maximum Gasteiger partial charge on any atom is 0.112 e. The molecule has 0 amide bonds. The van der Waals surface area contributed by atoms with Crippen LogP contribution in [0, 0.1) is 5.92 Å². The smallest absolute Gasteiger partial charge is 0.112 e. The van der Waals surface area contributed by atoms with Gasteiger partial charge in [0.1, 0.15) is 6.54 Å². The van der Waals surface area contributed by atoms with Gasteiger partial charge in [0.05, 0.1) is 24.6 Å². The molecule has 14 heavy (non-hydrogen) atoms. The number of quaternary nitrogens is 1. The normalized spacial score (nSPS) is 27.8. The number of likely N-dealkylation sites (tertiary alicyclic amines) is 1. The number of nitrogens with one attached hydrogen (secondary N) is 1. The van der Waals surface area contributed by atoms with Crippen molar-refractivity contribution in [3.8, 4) is 0 Å². The largest absolute Gasteiger partial charge is 0.396 e. The summed E-state index contributed by atoms with van der Waals surface area (Å²) < 4.78 is 0. The number of thiophene rings is 1. The van der Waals surface area contributed by atoms with E-state index in [9.17, 15) is 0 Å². The topological polar surface area (TPSA) is 24.7 Å². The molecule has 0 aliphatic carbocycles. The molecule has 2 rings (SSSR count). The third kappa shape index (κ3) is 2.56. The lowest BCUT2D eigenvalue weighted by Gasteiger charge is -2.28. The zero-order chi connectivity index (χ0) is 9.80. The van der Waals surface area contributed by atoms with Crippen molar-refractivity contribution in [2.45, 2.75) is 19.4 Å². The molecule has 2 N–H and O–H groups in total. The van der Waals surface area contributed by atoms with Gasteiger partial charge < -0.3 is 10.0 Å². The quantitative estimate of drug-likeness (QED) is 0.751. The summed E-state index contributed by atoms with van der Waals surface area (Å²) in [4.78, 5) is 3.11. The molecule has 0 bridgehead atoms. The second-order valence-electron chi connectivity index (χ2n) is 4.15. The van der Waals surface area contributed by atoms with Crippen LogP contribution in [0.5, 0.6) is 0 Å². The molecule has 1 unspecified atom stereocenters. The molecule has 1 aliphatic rings. The molecule has 3 heteroatoms. The standard InChI is InChI=1S/C11H17NOS/c13-9-10-3-1-5-12(7-10)8-11-4-2-6-14-11/h2,4,6,10,13H,1,3,5,7-9H2/p+1/t10-/m1/s1. The molecule has 0 spiro atoms. The fraction of sp³-hybridized carbons (Fsp3) is 0.636. The van der Waals surface area contributed by atoms with Gasteiger partial charge in [0.2, 0.25) is 0 Å². The van der Waals surface area contributed by atoms with Gasteiger partial charge in [-0.15, -0.1) is 11.3 Å². The highest BCUT2D eigenvalue weighted by atomic mass is 32.1. The van der Waals surface area contributed by atoms with Crippen LogP contribution in [0.25, 0.3) is 0 Å². The van der Waals surface area contributed by atoms with Gasteiger partial charge in [-0.3, -0.25) is 0 Å². The summed E-state index contributed by atoms with van der Waals surface area (Å²) in [5, 5.41) is 11.3. The number of aliphatic hydroxyl groups excluding tert-OH is 1. The Labute approximate surface area is 89.2 Å². The summed E-state index contributed by atoms with van der Waals surface area (Å²) in [6.45, 7) is 3.94. The van der Waals surface area contributed by atoms with Gasteiger partial charge in [0, 0.05) is 5.92 Å². The van der Waals surface area contributed by atoms with Crippen molar-refractivity contribution < 1.29 is 10.0 Å². The van der Waals surface area contributed by atoms with E-state index in [1.807, 2.05) is 11.3 Å². The van der Waals surface area contributed by atoms with Crippen LogP contribution < -0.4 is 4.90 Å². The van der Waals surface area contributed by atoms with Crippen molar-refractivity contribution in [3.05, 3.63) is 22.4 Å². The molecule has 78 valence electrons.